The van der Waals surface area contributed by atoms with Crippen molar-refractivity contribution in [2.75, 3.05) is 18.1 Å². The van der Waals surface area contributed by atoms with Crippen molar-refractivity contribution < 1.29 is 13.5 Å². The van der Waals surface area contributed by atoms with E-state index < -0.39 is 21.4 Å². The lowest BCUT2D eigenvalue weighted by Crippen LogP contribution is -2.38. The number of nitrogens with zero attached hydrogens (tertiary/aromatic N) is 1. The third-order valence-electron chi connectivity index (χ3n) is 3.43. The Morgan fingerprint density at radius 2 is 2.12 bits per heavy atom. The second-order valence-electron chi connectivity index (χ2n) is 4.59. The van der Waals surface area contributed by atoms with E-state index >= 15 is 0 Å². The Bertz CT molecular complexity index is 489. The molecule has 0 radical (unpaired) electrons. The molecule has 1 saturated heterocycles. The molecule has 0 aliphatic carbocycles. The van der Waals surface area contributed by atoms with Gasteiger partial charge >= 0.3 is 0 Å². The van der Waals surface area contributed by atoms with E-state index in [1.165, 1.54) is 0 Å². The fourth-order valence-corrected chi connectivity index (χ4v) is 4.49. The van der Waals surface area contributed by atoms with Gasteiger partial charge in [0.1, 0.15) is 0 Å². The van der Waals surface area contributed by atoms with E-state index in [0.717, 1.165) is 0 Å². The van der Waals surface area contributed by atoms with Crippen molar-refractivity contribution in [1.29, 1.82) is 0 Å². The van der Waals surface area contributed by atoms with Crippen molar-refractivity contribution >= 4 is 9.84 Å². The highest BCUT2D eigenvalue weighted by atomic mass is 32.2. The summed E-state index contributed by atoms with van der Waals surface area (Å²) >= 11 is 0. The van der Waals surface area contributed by atoms with Gasteiger partial charge in [0, 0.05) is 24.4 Å². The molecule has 0 spiro atoms. The minimum absolute atomic E-state index is 0.0417. The molecule has 1 aromatic heterocycles. The van der Waals surface area contributed by atoms with Gasteiger partial charge in [-0.05, 0) is 24.1 Å². The van der Waals surface area contributed by atoms with Crippen molar-refractivity contribution in [3.63, 3.8) is 0 Å². The lowest BCUT2D eigenvalue weighted by atomic mass is 9.79. The number of hydrogen-bond acceptors (Lipinski definition) is 5. The summed E-state index contributed by atoms with van der Waals surface area (Å²) in [5.41, 5.74) is 5.61. The maximum atomic E-state index is 11.6. The summed E-state index contributed by atoms with van der Waals surface area (Å²) in [7, 11) is -3.07. The van der Waals surface area contributed by atoms with Crippen LogP contribution in [0.25, 0.3) is 0 Å². The molecule has 0 saturated carbocycles. The molecule has 1 aromatic rings. The van der Waals surface area contributed by atoms with E-state index in [4.69, 9.17) is 5.73 Å². The number of pyridine rings is 1. The molecule has 0 amide bonds. The highest BCUT2D eigenvalue weighted by Crippen LogP contribution is 2.42. The van der Waals surface area contributed by atoms with Crippen LogP contribution in [0.5, 0.6) is 0 Å². The molecule has 2 unspecified atom stereocenters. The average molecular weight is 256 g/mol. The highest BCUT2D eigenvalue weighted by molar-refractivity contribution is 7.91. The summed E-state index contributed by atoms with van der Waals surface area (Å²) in [5, 5.41) is 10.3. The molecule has 1 fully saturated rings. The Morgan fingerprint density at radius 1 is 1.47 bits per heavy atom. The zero-order chi connectivity index (χ0) is 12.5. The second kappa shape index (κ2) is 4.36. The van der Waals surface area contributed by atoms with Crippen molar-refractivity contribution in [2.24, 2.45) is 11.1 Å². The predicted octanol–water partition coefficient (Wildman–Crippen LogP) is -0.121. The van der Waals surface area contributed by atoms with E-state index in [1.807, 2.05) is 0 Å². The Kier molecular flexibility index (Phi) is 3.20. The van der Waals surface area contributed by atoms with Crippen LogP contribution in [0, 0.1) is 5.41 Å². The first-order valence-corrected chi connectivity index (χ1v) is 7.30. The molecule has 17 heavy (non-hydrogen) atoms. The molecule has 2 rings (SSSR count). The number of sulfone groups is 1. The van der Waals surface area contributed by atoms with Gasteiger partial charge in [-0.25, -0.2) is 8.42 Å². The molecule has 2 heterocycles. The monoisotopic (exact) mass is 256 g/mol. The maximum Gasteiger partial charge on any atom is 0.151 e. The van der Waals surface area contributed by atoms with Gasteiger partial charge < -0.3 is 10.8 Å². The standard InChI is InChI=1S/C11H16N2O3S/c12-7-11(3-6-17(15,16)8-11)10(14)9-1-4-13-5-2-9/h1-2,4-5,10,14H,3,6-8,12H2. The van der Waals surface area contributed by atoms with Gasteiger partial charge in [-0.2, -0.15) is 0 Å². The van der Waals surface area contributed by atoms with E-state index in [-0.39, 0.29) is 18.1 Å². The summed E-state index contributed by atoms with van der Waals surface area (Å²) in [6.07, 6.45) is 2.71. The molecule has 0 bridgehead atoms. The first kappa shape index (κ1) is 12.5. The maximum absolute atomic E-state index is 11.6. The van der Waals surface area contributed by atoms with Crippen molar-refractivity contribution in [3.05, 3.63) is 30.1 Å². The van der Waals surface area contributed by atoms with Gasteiger partial charge in [-0.1, -0.05) is 0 Å². The number of hydrogen-bond donors (Lipinski definition) is 2. The second-order valence-corrected chi connectivity index (χ2v) is 6.78. The molecular weight excluding hydrogens is 240 g/mol. The van der Waals surface area contributed by atoms with Crippen molar-refractivity contribution in [3.8, 4) is 0 Å². The minimum Gasteiger partial charge on any atom is -0.388 e. The highest BCUT2D eigenvalue weighted by Gasteiger charge is 2.46. The van der Waals surface area contributed by atoms with Crippen LogP contribution in [0.1, 0.15) is 18.1 Å². The Morgan fingerprint density at radius 3 is 2.59 bits per heavy atom. The van der Waals surface area contributed by atoms with E-state index in [2.05, 4.69) is 4.98 Å². The zero-order valence-corrected chi connectivity index (χ0v) is 10.2. The molecule has 2 atom stereocenters. The van der Waals surface area contributed by atoms with Gasteiger partial charge in [0.2, 0.25) is 0 Å². The molecule has 3 N–H and O–H groups in total. The average Bonchev–Trinajstić information content (AvgIpc) is 2.66. The smallest absolute Gasteiger partial charge is 0.151 e. The summed E-state index contributed by atoms with van der Waals surface area (Å²) < 4.78 is 23.1. The number of aromatic nitrogens is 1. The normalized spacial score (nSPS) is 29.1. The van der Waals surface area contributed by atoms with Crippen LogP contribution < -0.4 is 5.73 Å². The summed E-state index contributed by atoms with van der Waals surface area (Å²) in [6, 6.07) is 3.38. The van der Waals surface area contributed by atoms with Crippen molar-refractivity contribution in [1.82, 2.24) is 4.98 Å². The molecule has 1 aliphatic heterocycles. The van der Waals surface area contributed by atoms with Gasteiger partial charge in [-0.15, -0.1) is 0 Å². The third kappa shape index (κ3) is 2.34. The Labute approximate surface area is 101 Å². The van der Waals surface area contributed by atoms with Gasteiger partial charge in [0.25, 0.3) is 0 Å². The minimum atomic E-state index is -3.07. The van der Waals surface area contributed by atoms with Crippen LogP contribution in [-0.2, 0) is 9.84 Å². The first-order valence-electron chi connectivity index (χ1n) is 5.48. The van der Waals surface area contributed by atoms with Gasteiger partial charge in [-0.3, -0.25) is 4.98 Å². The SMILES string of the molecule is NCC1(C(O)c2ccncc2)CCS(=O)(=O)C1. The van der Waals surface area contributed by atoms with Crippen molar-refractivity contribution in [2.45, 2.75) is 12.5 Å². The molecular formula is C11H16N2O3S. The molecule has 0 aromatic carbocycles. The zero-order valence-electron chi connectivity index (χ0n) is 9.41. The number of aliphatic hydroxyl groups excluding tert-OH is 1. The Hall–Kier alpha value is -0.980. The van der Waals surface area contributed by atoms with Crippen LogP contribution in [0.15, 0.2) is 24.5 Å². The largest absolute Gasteiger partial charge is 0.388 e. The van der Waals surface area contributed by atoms with Crippen LogP contribution in [0.2, 0.25) is 0 Å². The fourth-order valence-electron chi connectivity index (χ4n) is 2.33. The first-order chi connectivity index (χ1) is 7.99. The fraction of sp³-hybridized carbons (Fsp3) is 0.545. The summed E-state index contributed by atoms with van der Waals surface area (Å²) in [5.74, 6) is 0.0618. The topological polar surface area (TPSA) is 93.3 Å². The number of nitrogens with two attached hydrogens (primary N) is 1. The van der Waals surface area contributed by atoms with E-state index in [0.29, 0.717) is 12.0 Å². The third-order valence-corrected chi connectivity index (χ3v) is 5.27. The molecule has 6 heteroatoms. The van der Waals surface area contributed by atoms with Crippen LogP contribution >= 0.6 is 0 Å². The van der Waals surface area contributed by atoms with Gasteiger partial charge in [0.15, 0.2) is 9.84 Å². The number of rotatable bonds is 3. The lowest BCUT2D eigenvalue weighted by molar-refractivity contribution is 0.0471. The molecule has 1 aliphatic rings. The predicted molar refractivity (Wildman–Crippen MR) is 64.0 cm³/mol. The Balaban J connectivity index is 2.32. The molecule has 94 valence electrons. The quantitative estimate of drug-likeness (QED) is 0.786. The van der Waals surface area contributed by atoms with Crippen LogP contribution in [0.4, 0.5) is 0 Å². The lowest BCUT2D eigenvalue weighted by Gasteiger charge is -2.31. The summed E-state index contributed by atoms with van der Waals surface area (Å²) in [4.78, 5) is 3.87. The number of aliphatic hydroxyl groups is 1. The molecule has 5 nitrogen and oxygen atoms in total. The van der Waals surface area contributed by atoms with E-state index in [1.54, 1.807) is 24.5 Å². The van der Waals surface area contributed by atoms with E-state index in [9.17, 15) is 13.5 Å². The summed E-state index contributed by atoms with van der Waals surface area (Å²) in [6.45, 7) is 0.162. The van der Waals surface area contributed by atoms with Crippen LogP contribution in [0.3, 0.4) is 0 Å². The van der Waals surface area contributed by atoms with Crippen LogP contribution in [-0.4, -0.2) is 36.6 Å². The van der Waals surface area contributed by atoms with Gasteiger partial charge in [0.05, 0.1) is 17.6 Å².